The van der Waals surface area contributed by atoms with E-state index in [2.05, 4.69) is 10.3 Å². The Morgan fingerprint density at radius 1 is 1.65 bits per heavy atom. The van der Waals surface area contributed by atoms with Crippen molar-refractivity contribution in [2.75, 3.05) is 18.1 Å². The summed E-state index contributed by atoms with van der Waals surface area (Å²) >= 11 is 1.71. The summed E-state index contributed by atoms with van der Waals surface area (Å²) in [5.74, 6) is 1.42. The van der Waals surface area contributed by atoms with Crippen molar-refractivity contribution in [3.63, 3.8) is 0 Å². The molecule has 2 heterocycles. The fourth-order valence-corrected chi connectivity index (χ4v) is 3.04. The molecule has 2 N–H and O–H groups in total. The van der Waals surface area contributed by atoms with Crippen molar-refractivity contribution in [1.82, 2.24) is 10.3 Å². The highest BCUT2D eigenvalue weighted by molar-refractivity contribution is 7.99. The van der Waals surface area contributed by atoms with Gasteiger partial charge in [-0.3, -0.25) is 4.79 Å². The first-order valence-corrected chi connectivity index (χ1v) is 6.77. The molecule has 1 fully saturated rings. The lowest BCUT2D eigenvalue weighted by Gasteiger charge is -2.21. The molecule has 1 saturated heterocycles. The lowest BCUT2D eigenvalue weighted by Crippen LogP contribution is -2.43. The van der Waals surface area contributed by atoms with Gasteiger partial charge in [-0.25, -0.2) is 4.98 Å². The third-order valence-corrected chi connectivity index (χ3v) is 4.02. The van der Waals surface area contributed by atoms with Crippen LogP contribution in [0, 0.1) is 6.92 Å². The zero-order valence-corrected chi connectivity index (χ0v) is 10.6. The normalized spacial score (nSPS) is 23.6. The van der Waals surface area contributed by atoms with Gasteiger partial charge in [0.2, 0.25) is 0 Å². The molecular weight excluding hydrogens is 236 g/mol. The van der Waals surface area contributed by atoms with Crippen molar-refractivity contribution in [1.29, 1.82) is 0 Å². The van der Waals surface area contributed by atoms with Gasteiger partial charge in [-0.05, 0) is 31.2 Å². The SMILES string of the molecule is Cc1cccc(C(=O)NCC2(O)CCSC2)n1. The Labute approximate surface area is 105 Å². The number of thioether (sulfide) groups is 1. The fraction of sp³-hybridized carbons (Fsp3) is 0.500. The summed E-state index contributed by atoms with van der Waals surface area (Å²) < 4.78 is 0. The van der Waals surface area contributed by atoms with Crippen molar-refractivity contribution in [3.05, 3.63) is 29.6 Å². The molecule has 0 saturated carbocycles. The lowest BCUT2D eigenvalue weighted by atomic mass is 10.0. The predicted molar refractivity (Wildman–Crippen MR) is 68.2 cm³/mol. The first-order chi connectivity index (χ1) is 8.09. The third kappa shape index (κ3) is 3.20. The van der Waals surface area contributed by atoms with Crippen molar-refractivity contribution in [3.8, 4) is 0 Å². The van der Waals surface area contributed by atoms with E-state index in [-0.39, 0.29) is 5.91 Å². The van der Waals surface area contributed by atoms with Crippen LogP contribution in [0.4, 0.5) is 0 Å². The number of amides is 1. The molecule has 1 amide bonds. The number of hydrogen-bond acceptors (Lipinski definition) is 4. The van der Waals surface area contributed by atoms with Crippen LogP contribution in [0.5, 0.6) is 0 Å². The minimum absolute atomic E-state index is 0.223. The van der Waals surface area contributed by atoms with E-state index < -0.39 is 5.60 Å². The second kappa shape index (κ2) is 5.06. The zero-order chi connectivity index (χ0) is 12.3. The quantitative estimate of drug-likeness (QED) is 0.842. The first-order valence-electron chi connectivity index (χ1n) is 5.61. The monoisotopic (exact) mass is 252 g/mol. The molecular formula is C12H16N2O2S. The maximum absolute atomic E-state index is 11.8. The van der Waals surface area contributed by atoms with Crippen LogP contribution in [0.2, 0.25) is 0 Å². The van der Waals surface area contributed by atoms with Gasteiger partial charge in [0, 0.05) is 18.0 Å². The highest BCUT2D eigenvalue weighted by atomic mass is 32.2. The molecule has 1 aliphatic rings. The van der Waals surface area contributed by atoms with Gasteiger partial charge in [-0.1, -0.05) is 6.07 Å². The Balaban J connectivity index is 1.93. The molecule has 0 spiro atoms. The molecule has 5 heteroatoms. The predicted octanol–water partition coefficient (Wildman–Crippen LogP) is 0.988. The standard InChI is InChI=1S/C12H16N2O2S/c1-9-3-2-4-10(14-9)11(15)13-7-12(16)5-6-17-8-12/h2-4,16H,5-8H2,1H3,(H,13,15). The van der Waals surface area contributed by atoms with Crippen LogP contribution in [-0.4, -0.2) is 39.6 Å². The fourth-order valence-electron chi connectivity index (χ4n) is 1.74. The summed E-state index contributed by atoms with van der Waals surface area (Å²) in [5.41, 5.74) is 0.469. The largest absolute Gasteiger partial charge is 0.387 e. The van der Waals surface area contributed by atoms with Crippen LogP contribution in [0.1, 0.15) is 22.6 Å². The summed E-state index contributed by atoms with van der Waals surface area (Å²) in [6.45, 7) is 2.15. The summed E-state index contributed by atoms with van der Waals surface area (Å²) in [5, 5.41) is 12.8. The van der Waals surface area contributed by atoms with E-state index in [1.165, 1.54) is 0 Å². The van der Waals surface area contributed by atoms with Gasteiger partial charge in [0.15, 0.2) is 0 Å². The Kier molecular flexibility index (Phi) is 3.69. The van der Waals surface area contributed by atoms with Crippen LogP contribution in [0.25, 0.3) is 0 Å². The molecule has 4 nitrogen and oxygen atoms in total. The number of pyridine rings is 1. The van der Waals surface area contributed by atoms with E-state index in [0.717, 1.165) is 17.9 Å². The van der Waals surface area contributed by atoms with Gasteiger partial charge in [0.1, 0.15) is 5.69 Å². The van der Waals surface area contributed by atoms with E-state index >= 15 is 0 Å². The summed E-state index contributed by atoms with van der Waals surface area (Å²) in [6, 6.07) is 5.32. The van der Waals surface area contributed by atoms with Gasteiger partial charge in [-0.2, -0.15) is 11.8 Å². The molecule has 17 heavy (non-hydrogen) atoms. The van der Waals surface area contributed by atoms with Gasteiger partial charge < -0.3 is 10.4 Å². The second-order valence-electron chi connectivity index (χ2n) is 4.37. The van der Waals surface area contributed by atoms with E-state index in [4.69, 9.17) is 0 Å². The van der Waals surface area contributed by atoms with Gasteiger partial charge in [0.25, 0.3) is 5.91 Å². The average molecular weight is 252 g/mol. The van der Waals surface area contributed by atoms with Crippen molar-refractivity contribution >= 4 is 17.7 Å². The number of carbonyl (C=O) groups excluding carboxylic acids is 1. The number of nitrogens with one attached hydrogen (secondary N) is 1. The maximum Gasteiger partial charge on any atom is 0.269 e. The number of aliphatic hydroxyl groups is 1. The highest BCUT2D eigenvalue weighted by Crippen LogP contribution is 2.26. The molecule has 2 rings (SSSR count). The lowest BCUT2D eigenvalue weighted by molar-refractivity contribution is 0.0611. The van der Waals surface area contributed by atoms with Crippen LogP contribution < -0.4 is 5.32 Å². The molecule has 0 radical (unpaired) electrons. The van der Waals surface area contributed by atoms with E-state index in [9.17, 15) is 9.90 Å². The molecule has 1 aromatic rings. The molecule has 1 aliphatic heterocycles. The molecule has 0 aliphatic carbocycles. The van der Waals surface area contributed by atoms with Crippen molar-refractivity contribution < 1.29 is 9.90 Å². The van der Waals surface area contributed by atoms with Gasteiger partial charge in [0.05, 0.1) is 5.60 Å². The van der Waals surface area contributed by atoms with Crippen LogP contribution >= 0.6 is 11.8 Å². The van der Waals surface area contributed by atoms with Crippen molar-refractivity contribution in [2.45, 2.75) is 18.9 Å². The third-order valence-electron chi connectivity index (χ3n) is 2.78. The summed E-state index contributed by atoms with van der Waals surface area (Å²) in [4.78, 5) is 15.9. The second-order valence-corrected chi connectivity index (χ2v) is 5.48. The Hall–Kier alpha value is -1.07. The van der Waals surface area contributed by atoms with Crippen LogP contribution in [-0.2, 0) is 0 Å². The molecule has 0 aromatic carbocycles. The van der Waals surface area contributed by atoms with E-state index in [0.29, 0.717) is 18.0 Å². The molecule has 1 atom stereocenters. The van der Waals surface area contributed by atoms with Crippen LogP contribution in [0.15, 0.2) is 18.2 Å². The van der Waals surface area contributed by atoms with Crippen LogP contribution in [0.3, 0.4) is 0 Å². The Morgan fingerprint density at radius 2 is 2.47 bits per heavy atom. The summed E-state index contributed by atoms with van der Waals surface area (Å²) in [6.07, 6.45) is 0.735. The molecule has 92 valence electrons. The average Bonchev–Trinajstić information content (AvgIpc) is 2.74. The topological polar surface area (TPSA) is 62.2 Å². The summed E-state index contributed by atoms with van der Waals surface area (Å²) in [7, 11) is 0. The van der Waals surface area contributed by atoms with E-state index in [1.54, 1.807) is 23.9 Å². The number of carbonyl (C=O) groups is 1. The molecule has 0 bridgehead atoms. The minimum atomic E-state index is -0.746. The van der Waals surface area contributed by atoms with Gasteiger partial charge >= 0.3 is 0 Å². The number of hydrogen-bond donors (Lipinski definition) is 2. The first kappa shape index (κ1) is 12.4. The zero-order valence-electron chi connectivity index (χ0n) is 9.77. The van der Waals surface area contributed by atoms with Gasteiger partial charge in [-0.15, -0.1) is 0 Å². The maximum atomic E-state index is 11.8. The minimum Gasteiger partial charge on any atom is -0.387 e. The number of rotatable bonds is 3. The van der Waals surface area contributed by atoms with E-state index in [1.807, 2.05) is 13.0 Å². The Morgan fingerprint density at radius 3 is 3.12 bits per heavy atom. The number of aryl methyl sites for hydroxylation is 1. The molecule has 1 unspecified atom stereocenters. The highest BCUT2D eigenvalue weighted by Gasteiger charge is 2.32. The van der Waals surface area contributed by atoms with Crippen molar-refractivity contribution in [2.24, 2.45) is 0 Å². The molecule has 1 aromatic heterocycles. The number of nitrogens with zero attached hydrogens (tertiary/aromatic N) is 1. The Bertz CT molecular complexity index is 417. The smallest absolute Gasteiger partial charge is 0.269 e. The number of aromatic nitrogens is 1.